The van der Waals surface area contributed by atoms with Crippen molar-refractivity contribution in [2.75, 3.05) is 11.4 Å². The first kappa shape index (κ1) is 19.8. The molecular weight excluding hydrogens is 385 g/mol. The second-order valence-electron chi connectivity index (χ2n) is 8.52. The van der Waals surface area contributed by atoms with Crippen molar-refractivity contribution in [3.05, 3.63) is 94.6 Å². The normalized spacial score (nSPS) is 16.0. The van der Waals surface area contributed by atoms with Crippen LogP contribution in [0.5, 0.6) is 0 Å². The predicted octanol–water partition coefficient (Wildman–Crippen LogP) is 6.35. The highest BCUT2D eigenvalue weighted by Gasteiger charge is 2.29. The lowest BCUT2D eigenvalue weighted by molar-refractivity contribution is 0.562. The van der Waals surface area contributed by atoms with Crippen LogP contribution in [0.2, 0.25) is 0 Å². The molecule has 0 radical (unpaired) electrons. The monoisotopic (exact) mass is 413 g/mol. The maximum absolute atomic E-state index is 13.9. The van der Waals surface area contributed by atoms with Crippen molar-refractivity contribution >= 4 is 16.7 Å². The van der Waals surface area contributed by atoms with E-state index in [2.05, 4.69) is 60.6 Å². The van der Waals surface area contributed by atoms with Crippen molar-refractivity contribution in [3.63, 3.8) is 0 Å². The predicted molar refractivity (Wildman–Crippen MR) is 125 cm³/mol. The molecule has 4 aromatic rings. The molecule has 158 valence electrons. The van der Waals surface area contributed by atoms with E-state index in [-0.39, 0.29) is 5.82 Å². The number of fused-ring (bicyclic) bond motifs is 2. The van der Waals surface area contributed by atoms with E-state index in [1.807, 2.05) is 12.3 Å². The van der Waals surface area contributed by atoms with E-state index >= 15 is 0 Å². The molecular formula is C27H28FN3. The minimum Gasteiger partial charge on any atom is -0.347 e. The average molecular weight is 414 g/mol. The molecule has 3 heterocycles. The van der Waals surface area contributed by atoms with Gasteiger partial charge in [0.2, 0.25) is 0 Å². The van der Waals surface area contributed by atoms with Crippen LogP contribution in [0.1, 0.15) is 47.3 Å². The highest BCUT2D eigenvalue weighted by atomic mass is 19.1. The number of aromatic nitrogens is 2. The van der Waals surface area contributed by atoms with E-state index in [1.54, 1.807) is 12.1 Å². The Morgan fingerprint density at radius 1 is 1.06 bits per heavy atom. The summed E-state index contributed by atoms with van der Waals surface area (Å²) in [6.45, 7) is 8.16. The maximum Gasteiger partial charge on any atom is 0.153 e. The molecule has 1 aliphatic rings. The first-order valence-corrected chi connectivity index (χ1v) is 11.1. The number of hydrogen-bond donors (Lipinski definition) is 0. The summed E-state index contributed by atoms with van der Waals surface area (Å²) < 4.78 is 16.2. The zero-order valence-electron chi connectivity index (χ0n) is 18.4. The summed E-state index contributed by atoms with van der Waals surface area (Å²) in [6.07, 6.45) is 3.98. The lowest BCUT2D eigenvalue weighted by atomic mass is 9.91. The molecule has 0 N–H and O–H groups in total. The summed E-state index contributed by atoms with van der Waals surface area (Å²) >= 11 is 0. The average Bonchev–Trinajstić information content (AvgIpc) is 3.03. The van der Waals surface area contributed by atoms with Crippen molar-refractivity contribution < 1.29 is 4.39 Å². The van der Waals surface area contributed by atoms with E-state index in [0.29, 0.717) is 12.6 Å². The molecule has 4 heteroatoms. The molecule has 0 amide bonds. The van der Waals surface area contributed by atoms with E-state index in [1.165, 1.54) is 33.8 Å². The smallest absolute Gasteiger partial charge is 0.153 e. The molecule has 1 aliphatic heterocycles. The fourth-order valence-corrected chi connectivity index (χ4v) is 5.15. The lowest BCUT2D eigenvalue weighted by Crippen LogP contribution is -2.36. The van der Waals surface area contributed by atoms with E-state index in [4.69, 9.17) is 4.98 Å². The van der Waals surface area contributed by atoms with Gasteiger partial charge in [-0.15, -0.1) is 0 Å². The summed E-state index contributed by atoms with van der Waals surface area (Å²) in [5.74, 6) is 0.840. The molecule has 2 aromatic heterocycles. The van der Waals surface area contributed by atoms with Gasteiger partial charge in [-0.25, -0.2) is 9.37 Å². The number of nitrogens with zero attached hydrogens (tertiary/aromatic N) is 3. The molecule has 31 heavy (non-hydrogen) atoms. The van der Waals surface area contributed by atoms with Crippen LogP contribution in [-0.4, -0.2) is 16.1 Å². The molecule has 1 unspecified atom stereocenters. The molecule has 0 saturated carbocycles. The largest absolute Gasteiger partial charge is 0.347 e. The quantitative estimate of drug-likeness (QED) is 0.388. The van der Waals surface area contributed by atoms with E-state index < -0.39 is 0 Å². The van der Waals surface area contributed by atoms with Gasteiger partial charge in [0, 0.05) is 30.4 Å². The highest BCUT2D eigenvalue weighted by molar-refractivity contribution is 5.94. The van der Waals surface area contributed by atoms with Crippen molar-refractivity contribution in [2.24, 2.45) is 0 Å². The Kier molecular flexibility index (Phi) is 5.01. The second-order valence-corrected chi connectivity index (χ2v) is 8.52. The van der Waals surface area contributed by atoms with Gasteiger partial charge >= 0.3 is 0 Å². The summed E-state index contributed by atoms with van der Waals surface area (Å²) in [6, 6.07) is 18.1. The third-order valence-corrected chi connectivity index (χ3v) is 6.83. The van der Waals surface area contributed by atoms with Crippen LogP contribution in [0.15, 0.2) is 60.8 Å². The highest BCUT2D eigenvalue weighted by Crippen LogP contribution is 2.39. The number of halogens is 1. The van der Waals surface area contributed by atoms with Crippen LogP contribution in [-0.2, 0) is 13.0 Å². The van der Waals surface area contributed by atoms with Gasteiger partial charge in [0.25, 0.3) is 0 Å². The number of pyridine rings is 1. The van der Waals surface area contributed by atoms with Crippen LogP contribution in [0.25, 0.3) is 10.9 Å². The summed E-state index contributed by atoms with van der Waals surface area (Å²) in [7, 11) is 0. The Balaban J connectivity index is 1.67. The zero-order chi connectivity index (χ0) is 21.5. The Hall–Kier alpha value is -3.14. The number of rotatable bonds is 4. The van der Waals surface area contributed by atoms with Crippen molar-refractivity contribution in [1.29, 1.82) is 0 Å². The Labute approximate surface area is 183 Å². The fraction of sp³-hybridized carbons (Fsp3) is 0.296. The first-order chi connectivity index (χ1) is 15.1. The molecule has 1 atom stereocenters. The minimum absolute atomic E-state index is 0.194. The second kappa shape index (κ2) is 7.84. The standard InChI is InChI=1S/C27H28FN3/c1-4-25-24-11-6-5-9-21(24)13-15-30(25)27-26-23(12-14-29-27)18(2)19(3)31(26)17-20-8-7-10-22(28)16-20/h5-12,14,16,25H,4,13,15,17H2,1-3H3. The van der Waals surface area contributed by atoms with Crippen molar-refractivity contribution in [1.82, 2.24) is 9.55 Å². The van der Waals surface area contributed by atoms with Gasteiger partial charge in [0.1, 0.15) is 5.82 Å². The topological polar surface area (TPSA) is 21.1 Å². The Morgan fingerprint density at radius 2 is 1.90 bits per heavy atom. The summed E-state index contributed by atoms with van der Waals surface area (Å²) in [5.41, 5.74) is 7.44. The molecule has 0 spiro atoms. The summed E-state index contributed by atoms with van der Waals surface area (Å²) in [5, 5.41) is 1.23. The van der Waals surface area contributed by atoms with Gasteiger partial charge in [-0.1, -0.05) is 43.3 Å². The van der Waals surface area contributed by atoms with Crippen LogP contribution in [0.3, 0.4) is 0 Å². The van der Waals surface area contributed by atoms with Crippen molar-refractivity contribution in [3.8, 4) is 0 Å². The van der Waals surface area contributed by atoms with Gasteiger partial charge in [0.15, 0.2) is 5.82 Å². The van der Waals surface area contributed by atoms with Crippen LogP contribution in [0.4, 0.5) is 10.2 Å². The van der Waals surface area contributed by atoms with Gasteiger partial charge in [-0.2, -0.15) is 0 Å². The first-order valence-electron chi connectivity index (χ1n) is 11.1. The van der Waals surface area contributed by atoms with Crippen LogP contribution >= 0.6 is 0 Å². The zero-order valence-corrected chi connectivity index (χ0v) is 18.4. The maximum atomic E-state index is 13.9. The molecule has 0 fully saturated rings. The molecule has 0 saturated heterocycles. The van der Waals surface area contributed by atoms with Gasteiger partial charge < -0.3 is 9.47 Å². The third-order valence-electron chi connectivity index (χ3n) is 6.83. The number of benzene rings is 2. The summed E-state index contributed by atoms with van der Waals surface area (Å²) in [4.78, 5) is 7.38. The minimum atomic E-state index is -0.194. The fourth-order valence-electron chi connectivity index (χ4n) is 5.15. The molecule has 5 rings (SSSR count). The van der Waals surface area contributed by atoms with Gasteiger partial charge in [-0.05, 0) is 67.1 Å². The third kappa shape index (κ3) is 3.31. The molecule has 2 aromatic carbocycles. The molecule has 3 nitrogen and oxygen atoms in total. The SMILES string of the molecule is CCC1c2ccccc2CCN1c1nccc2c(C)c(C)n(Cc3cccc(F)c3)c12. The number of aryl methyl sites for hydroxylation is 1. The van der Waals surface area contributed by atoms with Crippen molar-refractivity contribution in [2.45, 2.75) is 46.2 Å². The molecule has 0 bridgehead atoms. The van der Waals surface area contributed by atoms with Gasteiger partial charge in [-0.3, -0.25) is 0 Å². The van der Waals surface area contributed by atoms with E-state index in [0.717, 1.165) is 36.3 Å². The number of hydrogen-bond acceptors (Lipinski definition) is 2. The molecule has 0 aliphatic carbocycles. The van der Waals surface area contributed by atoms with Crippen LogP contribution < -0.4 is 4.90 Å². The number of anilines is 1. The Bertz CT molecular complexity index is 1260. The van der Waals surface area contributed by atoms with E-state index in [9.17, 15) is 4.39 Å². The lowest BCUT2D eigenvalue weighted by Gasteiger charge is -2.38. The van der Waals surface area contributed by atoms with Gasteiger partial charge in [0.05, 0.1) is 11.6 Å². The van der Waals surface area contributed by atoms with Crippen LogP contribution in [0, 0.1) is 19.7 Å². The Morgan fingerprint density at radius 3 is 2.71 bits per heavy atom.